The van der Waals surface area contributed by atoms with Crippen molar-refractivity contribution >= 4 is 17.7 Å². The first-order valence-electron chi connectivity index (χ1n) is 6.05. The number of hydrogen-bond donors (Lipinski definition) is 0. The van der Waals surface area contributed by atoms with E-state index in [0.717, 1.165) is 5.75 Å². The van der Waals surface area contributed by atoms with Gasteiger partial charge in [-0.1, -0.05) is 6.92 Å². The van der Waals surface area contributed by atoms with Crippen LogP contribution < -0.4 is 0 Å². The molecule has 18 heavy (non-hydrogen) atoms. The number of carbonyl (C=O) groups is 1. The summed E-state index contributed by atoms with van der Waals surface area (Å²) < 4.78 is 22.1. The zero-order valence-corrected chi connectivity index (χ0v) is 12.4. The van der Waals surface area contributed by atoms with Gasteiger partial charge in [0.1, 0.15) is 17.6 Å². The lowest BCUT2D eigenvalue weighted by Crippen LogP contribution is -2.58. The van der Waals surface area contributed by atoms with E-state index in [0.29, 0.717) is 0 Å². The molecule has 0 aromatic heterocycles. The van der Waals surface area contributed by atoms with Gasteiger partial charge in [0, 0.05) is 21.1 Å². The number of hydrogen-bond acceptors (Lipinski definition) is 6. The summed E-state index contributed by atoms with van der Waals surface area (Å²) in [6.45, 7) is 5.36. The molecule has 6 heteroatoms. The Balaban J connectivity index is 2.89. The van der Waals surface area contributed by atoms with Crippen molar-refractivity contribution in [3.63, 3.8) is 0 Å². The van der Waals surface area contributed by atoms with E-state index in [4.69, 9.17) is 18.9 Å². The van der Waals surface area contributed by atoms with Gasteiger partial charge in [-0.05, 0) is 12.7 Å². The van der Waals surface area contributed by atoms with Crippen LogP contribution in [-0.2, 0) is 23.7 Å². The molecular weight excluding hydrogens is 256 g/mol. The molecule has 1 aliphatic rings. The normalized spacial score (nSPS) is 36.4. The van der Waals surface area contributed by atoms with Crippen LogP contribution in [0.3, 0.4) is 0 Å². The lowest BCUT2D eigenvalue weighted by molar-refractivity contribution is -0.221. The largest absolute Gasteiger partial charge is 0.457 e. The topological polar surface area (TPSA) is 54.0 Å². The Morgan fingerprint density at radius 2 is 1.83 bits per heavy atom. The van der Waals surface area contributed by atoms with Crippen molar-refractivity contribution < 1.29 is 23.7 Å². The fourth-order valence-electron chi connectivity index (χ4n) is 2.17. The number of ether oxygens (including phenoxy) is 4. The Morgan fingerprint density at radius 3 is 2.28 bits per heavy atom. The molecule has 0 amide bonds. The maximum Gasteiger partial charge on any atom is 0.303 e. The average Bonchev–Trinajstić information content (AvgIpc) is 2.29. The molecule has 0 unspecified atom stereocenters. The molecule has 1 aliphatic heterocycles. The van der Waals surface area contributed by atoms with E-state index >= 15 is 0 Å². The van der Waals surface area contributed by atoms with E-state index in [1.807, 2.05) is 6.92 Å². The summed E-state index contributed by atoms with van der Waals surface area (Å²) in [5, 5.41) is 0. The van der Waals surface area contributed by atoms with Crippen LogP contribution in [0.15, 0.2) is 0 Å². The third-order valence-electron chi connectivity index (χ3n) is 2.90. The maximum atomic E-state index is 11.2. The second kappa shape index (κ2) is 7.33. The van der Waals surface area contributed by atoms with Gasteiger partial charge < -0.3 is 18.9 Å². The van der Waals surface area contributed by atoms with Gasteiger partial charge in [0.15, 0.2) is 6.10 Å². The zero-order chi connectivity index (χ0) is 13.7. The van der Waals surface area contributed by atoms with Crippen LogP contribution in [0.4, 0.5) is 0 Å². The van der Waals surface area contributed by atoms with Crippen molar-refractivity contribution in [2.24, 2.45) is 0 Å². The van der Waals surface area contributed by atoms with Crippen molar-refractivity contribution in [1.29, 1.82) is 0 Å². The molecule has 5 nitrogen and oxygen atoms in total. The first kappa shape index (κ1) is 15.8. The predicted molar refractivity (Wildman–Crippen MR) is 69.6 cm³/mol. The van der Waals surface area contributed by atoms with E-state index in [-0.39, 0.29) is 29.7 Å². The van der Waals surface area contributed by atoms with Crippen LogP contribution in [0.1, 0.15) is 20.8 Å². The van der Waals surface area contributed by atoms with E-state index in [9.17, 15) is 4.79 Å². The van der Waals surface area contributed by atoms with Crippen LogP contribution in [0.25, 0.3) is 0 Å². The smallest absolute Gasteiger partial charge is 0.303 e. The Hall–Kier alpha value is -0.300. The van der Waals surface area contributed by atoms with E-state index in [2.05, 4.69) is 6.92 Å². The lowest BCUT2D eigenvalue weighted by atomic mass is 10.0. The Labute approximate surface area is 112 Å². The monoisotopic (exact) mass is 278 g/mol. The van der Waals surface area contributed by atoms with Crippen LogP contribution in [0.5, 0.6) is 0 Å². The summed E-state index contributed by atoms with van der Waals surface area (Å²) in [6.07, 6.45) is -1.22. The van der Waals surface area contributed by atoms with Gasteiger partial charge in [0.25, 0.3) is 0 Å². The highest BCUT2D eigenvalue weighted by Gasteiger charge is 2.46. The van der Waals surface area contributed by atoms with Gasteiger partial charge in [0.05, 0.1) is 6.10 Å². The first-order chi connectivity index (χ1) is 8.54. The molecule has 1 rings (SSSR count). The summed E-state index contributed by atoms with van der Waals surface area (Å²) in [5.74, 6) is 0.570. The molecule has 1 heterocycles. The number of methoxy groups -OCH3 is 2. The molecule has 0 aromatic carbocycles. The molecule has 0 N–H and O–H groups in total. The minimum absolute atomic E-state index is 0.144. The summed E-state index contributed by atoms with van der Waals surface area (Å²) in [6, 6.07) is 0. The van der Waals surface area contributed by atoms with Crippen LogP contribution in [-0.4, -0.2) is 55.8 Å². The maximum absolute atomic E-state index is 11.2. The highest BCUT2D eigenvalue weighted by molar-refractivity contribution is 7.99. The van der Waals surface area contributed by atoms with Crippen LogP contribution in [0, 0.1) is 0 Å². The SMILES string of the molecule is CCS[C@@H]1O[C@@H](C)[C@H](OC)[C@@H](OC(C)=O)[C@H]1OC. The van der Waals surface area contributed by atoms with Crippen molar-refractivity contribution in [2.45, 2.75) is 50.6 Å². The molecule has 0 aromatic rings. The predicted octanol–water partition coefficient (Wildman–Crippen LogP) is 1.45. The third kappa shape index (κ3) is 3.60. The van der Waals surface area contributed by atoms with Crippen molar-refractivity contribution in [1.82, 2.24) is 0 Å². The number of thioether (sulfide) groups is 1. The summed E-state index contributed by atoms with van der Waals surface area (Å²) in [4.78, 5) is 11.2. The Bertz CT molecular complexity index is 273. The molecule has 0 bridgehead atoms. The molecule has 0 spiro atoms. The van der Waals surface area contributed by atoms with Gasteiger partial charge >= 0.3 is 5.97 Å². The number of rotatable bonds is 5. The van der Waals surface area contributed by atoms with Gasteiger partial charge in [-0.3, -0.25) is 4.79 Å². The Kier molecular flexibility index (Phi) is 6.42. The number of esters is 1. The van der Waals surface area contributed by atoms with Gasteiger partial charge in [-0.25, -0.2) is 0 Å². The quantitative estimate of drug-likeness (QED) is 0.709. The average molecular weight is 278 g/mol. The molecular formula is C12H22O5S. The highest BCUT2D eigenvalue weighted by Crippen LogP contribution is 2.32. The van der Waals surface area contributed by atoms with Crippen LogP contribution in [0.2, 0.25) is 0 Å². The van der Waals surface area contributed by atoms with Gasteiger partial charge in [0.2, 0.25) is 0 Å². The molecule has 5 atom stereocenters. The van der Waals surface area contributed by atoms with Crippen molar-refractivity contribution in [3.05, 3.63) is 0 Å². The molecule has 0 radical (unpaired) electrons. The summed E-state index contributed by atoms with van der Waals surface area (Å²) in [5.41, 5.74) is -0.147. The second-order valence-electron chi connectivity index (χ2n) is 4.14. The van der Waals surface area contributed by atoms with E-state index in [1.54, 1.807) is 26.0 Å². The molecule has 1 saturated heterocycles. The Morgan fingerprint density at radius 1 is 1.22 bits per heavy atom. The van der Waals surface area contributed by atoms with Gasteiger partial charge in [-0.2, -0.15) is 0 Å². The number of carbonyl (C=O) groups excluding carboxylic acids is 1. The lowest BCUT2D eigenvalue weighted by Gasteiger charge is -2.43. The van der Waals surface area contributed by atoms with E-state index in [1.165, 1.54) is 6.92 Å². The minimum Gasteiger partial charge on any atom is -0.457 e. The summed E-state index contributed by atoms with van der Waals surface area (Å²) in [7, 11) is 3.18. The van der Waals surface area contributed by atoms with Crippen LogP contribution >= 0.6 is 11.8 Å². The first-order valence-corrected chi connectivity index (χ1v) is 7.09. The fraction of sp³-hybridized carbons (Fsp3) is 0.917. The summed E-state index contributed by atoms with van der Waals surface area (Å²) >= 11 is 1.64. The van der Waals surface area contributed by atoms with Crippen molar-refractivity contribution in [2.75, 3.05) is 20.0 Å². The molecule has 0 aliphatic carbocycles. The zero-order valence-electron chi connectivity index (χ0n) is 11.5. The second-order valence-corrected chi connectivity index (χ2v) is 5.51. The molecule has 106 valence electrons. The van der Waals surface area contributed by atoms with Crippen molar-refractivity contribution in [3.8, 4) is 0 Å². The minimum atomic E-state index is -0.440. The van der Waals surface area contributed by atoms with Gasteiger partial charge in [-0.15, -0.1) is 11.8 Å². The molecule has 1 fully saturated rings. The highest BCUT2D eigenvalue weighted by atomic mass is 32.2. The molecule has 0 saturated carbocycles. The fourth-order valence-corrected chi connectivity index (χ4v) is 3.21. The third-order valence-corrected chi connectivity index (χ3v) is 3.95. The standard InChI is InChI=1S/C12H22O5S/c1-6-18-12-11(15-5)10(17-8(3)13)9(14-4)7(2)16-12/h7,9-12H,6H2,1-5H3/t7-,9-,10+,11+,12-/m0/s1. The van der Waals surface area contributed by atoms with E-state index < -0.39 is 6.10 Å².